The second kappa shape index (κ2) is 10.7. The summed E-state index contributed by atoms with van der Waals surface area (Å²) >= 11 is 0. The first-order chi connectivity index (χ1) is 19.5. The number of ether oxygens (including phenoxy) is 2. The highest BCUT2D eigenvalue weighted by molar-refractivity contribution is 5.58. The molecule has 0 aromatic heterocycles. The number of hydrogen-bond donors (Lipinski definition) is 2. The molecule has 4 rings (SSSR count). The van der Waals surface area contributed by atoms with E-state index in [1.54, 1.807) is 0 Å². The van der Waals surface area contributed by atoms with Gasteiger partial charge in [-0.2, -0.15) is 39.5 Å². The van der Waals surface area contributed by atoms with Crippen molar-refractivity contribution in [1.82, 2.24) is 0 Å². The number of halogens is 10. The van der Waals surface area contributed by atoms with Gasteiger partial charge < -0.3 is 20.9 Å². The first-order valence-corrected chi connectivity index (χ1v) is 11.7. The van der Waals surface area contributed by atoms with Gasteiger partial charge in [0.1, 0.15) is 28.8 Å². The van der Waals surface area contributed by atoms with Crippen molar-refractivity contribution in [3.05, 3.63) is 107 Å². The van der Waals surface area contributed by atoms with Gasteiger partial charge in [-0.1, -0.05) is 36.4 Å². The Morgan fingerprint density at radius 2 is 0.929 bits per heavy atom. The average molecular weight is 604 g/mol. The van der Waals surface area contributed by atoms with Gasteiger partial charge in [0.2, 0.25) is 5.41 Å². The molecule has 0 spiro atoms. The normalized spacial score (nSPS) is 12.7. The van der Waals surface area contributed by atoms with E-state index in [2.05, 4.69) is 0 Å². The van der Waals surface area contributed by atoms with E-state index in [4.69, 9.17) is 20.9 Å². The minimum atomic E-state index is -6.13. The lowest BCUT2D eigenvalue weighted by molar-refractivity contribution is -0.289. The molecule has 0 aliphatic rings. The van der Waals surface area contributed by atoms with E-state index in [0.29, 0.717) is 24.3 Å². The summed E-state index contributed by atoms with van der Waals surface area (Å²) in [7, 11) is 0. The minimum Gasteiger partial charge on any atom is -0.457 e. The molecule has 0 heterocycles. The lowest BCUT2D eigenvalue weighted by Gasteiger charge is -2.39. The SMILES string of the molecule is Nc1ccc(Oc2ccccc2C(c2ccccc2Oc2ccc(N)c(C(F)(F)F)c2)(C(F)(F)F)C(F)(F)F)cc1F. The van der Waals surface area contributed by atoms with Gasteiger partial charge >= 0.3 is 18.5 Å². The zero-order valence-corrected chi connectivity index (χ0v) is 20.8. The van der Waals surface area contributed by atoms with Crippen LogP contribution in [0.15, 0.2) is 84.9 Å². The van der Waals surface area contributed by atoms with Gasteiger partial charge in [0, 0.05) is 22.9 Å². The second-order valence-corrected chi connectivity index (χ2v) is 8.87. The van der Waals surface area contributed by atoms with Crippen molar-refractivity contribution in [3.8, 4) is 23.0 Å². The maximum atomic E-state index is 15.0. The molecule has 0 saturated heterocycles. The number of para-hydroxylation sites is 2. The summed E-state index contributed by atoms with van der Waals surface area (Å²) in [4.78, 5) is 0. The van der Waals surface area contributed by atoms with E-state index in [1.807, 2.05) is 0 Å². The standard InChI is InChI=1S/C28H18F10N2O2/c29-20-14-16(10-12-22(20)40)42-24-8-4-2-6-18(24)25(27(33,34)35,28(36,37)38)17-5-1-3-7-23(17)41-15-9-11-21(39)19(13-15)26(30,31)32/h1-14H,39-40H2. The summed E-state index contributed by atoms with van der Waals surface area (Å²) in [6, 6.07) is 11.1. The smallest absolute Gasteiger partial charge is 0.418 e. The molecule has 0 fully saturated rings. The van der Waals surface area contributed by atoms with E-state index in [0.717, 1.165) is 60.7 Å². The molecule has 0 aliphatic carbocycles. The summed E-state index contributed by atoms with van der Waals surface area (Å²) in [5.74, 6) is -4.23. The third-order valence-corrected chi connectivity index (χ3v) is 6.19. The van der Waals surface area contributed by atoms with Crippen molar-refractivity contribution < 1.29 is 53.4 Å². The summed E-state index contributed by atoms with van der Waals surface area (Å²) in [6.45, 7) is 0. The first-order valence-electron chi connectivity index (χ1n) is 11.7. The molecule has 4 aromatic carbocycles. The zero-order valence-electron chi connectivity index (χ0n) is 20.8. The van der Waals surface area contributed by atoms with Crippen molar-refractivity contribution in [2.45, 2.75) is 23.9 Å². The lowest BCUT2D eigenvalue weighted by Crippen LogP contribution is -2.55. The van der Waals surface area contributed by atoms with E-state index in [1.165, 1.54) is 0 Å². The Labute approximate surface area is 231 Å². The first kappa shape index (κ1) is 30.3. The Morgan fingerprint density at radius 3 is 1.36 bits per heavy atom. The van der Waals surface area contributed by atoms with Crippen LogP contribution in [0, 0.1) is 5.82 Å². The number of anilines is 2. The molecule has 0 aliphatic heterocycles. The summed E-state index contributed by atoms with van der Waals surface area (Å²) in [5, 5.41) is 0. The van der Waals surface area contributed by atoms with Gasteiger partial charge in [-0.05, 0) is 42.5 Å². The molecule has 0 radical (unpaired) electrons. The molecule has 0 unspecified atom stereocenters. The fourth-order valence-electron chi connectivity index (χ4n) is 4.32. The predicted octanol–water partition coefficient (Wildman–Crippen LogP) is 9.00. The molecular weight excluding hydrogens is 586 g/mol. The van der Waals surface area contributed by atoms with Crippen LogP contribution < -0.4 is 20.9 Å². The maximum Gasteiger partial charge on any atom is 0.418 e. The van der Waals surface area contributed by atoms with Crippen LogP contribution in [0.2, 0.25) is 0 Å². The molecule has 0 amide bonds. The molecule has 42 heavy (non-hydrogen) atoms. The molecule has 0 saturated carbocycles. The van der Waals surface area contributed by atoms with Crippen molar-refractivity contribution in [3.63, 3.8) is 0 Å². The zero-order chi connectivity index (χ0) is 31.1. The van der Waals surface area contributed by atoms with Gasteiger partial charge in [-0.25, -0.2) is 4.39 Å². The number of benzene rings is 4. The number of alkyl halides is 9. The monoisotopic (exact) mass is 604 g/mol. The third kappa shape index (κ3) is 5.48. The van der Waals surface area contributed by atoms with Crippen LogP contribution in [0.1, 0.15) is 16.7 Å². The quantitative estimate of drug-likeness (QED) is 0.170. The van der Waals surface area contributed by atoms with E-state index >= 15 is 0 Å². The number of hydrogen-bond acceptors (Lipinski definition) is 4. The molecule has 0 atom stereocenters. The molecule has 222 valence electrons. The Kier molecular flexibility index (Phi) is 7.70. The third-order valence-electron chi connectivity index (χ3n) is 6.19. The molecule has 4 nitrogen and oxygen atoms in total. The van der Waals surface area contributed by atoms with E-state index in [-0.39, 0.29) is 5.69 Å². The summed E-state index contributed by atoms with van der Waals surface area (Å²) in [5.41, 5.74) is 0.412. The van der Waals surface area contributed by atoms with Crippen LogP contribution in [0.3, 0.4) is 0 Å². The van der Waals surface area contributed by atoms with Crippen LogP contribution in [-0.2, 0) is 11.6 Å². The van der Waals surface area contributed by atoms with Crippen molar-refractivity contribution in [1.29, 1.82) is 0 Å². The molecular formula is C28H18F10N2O2. The van der Waals surface area contributed by atoms with E-state index < -0.39 is 75.1 Å². The maximum absolute atomic E-state index is 15.0. The second-order valence-electron chi connectivity index (χ2n) is 8.87. The summed E-state index contributed by atoms with van der Waals surface area (Å²) < 4.78 is 155. The molecule has 0 bridgehead atoms. The van der Waals surface area contributed by atoms with Crippen molar-refractivity contribution in [2.24, 2.45) is 0 Å². The van der Waals surface area contributed by atoms with Crippen molar-refractivity contribution in [2.75, 3.05) is 11.5 Å². The Morgan fingerprint density at radius 1 is 0.500 bits per heavy atom. The van der Waals surface area contributed by atoms with Crippen molar-refractivity contribution >= 4 is 11.4 Å². The fraction of sp³-hybridized carbons (Fsp3) is 0.143. The van der Waals surface area contributed by atoms with Crippen LogP contribution in [0.5, 0.6) is 23.0 Å². The highest BCUT2D eigenvalue weighted by Crippen LogP contribution is 2.60. The summed E-state index contributed by atoms with van der Waals surface area (Å²) in [6.07, 6.45) is -17.3. The van der Waals surface area contributed by atoms with Gasteiger partial charge in [-0.3, -0.25) is 0 Å². The van der Waals surface area contributed by atoms with Gasteiger partial charge in [0.15, 0.2) is 0 Å². The number of nitrogen functional groups attached to an aromatic ring is 2. The lowest BCUT2D eigenvalue weighted by atomic mass is 9.72. The molecule has 4 N–H and O–H groups in total. The molecule has 14 heteroatoms. The van der Waals surface area contributed by atoms with Crippen LogP contribution in [-0.4, -0.2) is 12.4 Å². The van der Waals surface area contributed by atoms with E-state index in [9.17, 15) is 43.9 Å². The predicted molar refractivity (Wildman–Crippen MR) is 133 cm³/mol. The number of rotatable bonds is 6. The molecule has 4 aromatic rings. The average Bonchev–Trinajstić information content (AvgIpc) is 2.87. The fourth-order valence-corrected chi connectivity index (χ4v) is 4.32. The largest absolute Gasteiger partial charge is 0.457 e. The van der Waals surface area contributed by atoms with Crippen LogP contribution >= 0.6 is 0 Å². The van der Waals surface area contributed by atoms with Gasteiger partial charge in [0.25, 0.3) is 0 Å². The van der Waals surface area contributed by atoms with Gasteiger partial charge in [0.05, 0.1) is 11.3 Å². The topological polar surface area (TPSA) is 70.5 Å². The highest BCUT2D eigenvalue weighted by atomic mass is 19.4. The number of nitrogens with two attached hydrogens (primary N) is 2. The Hall–Kier alpha value is -4.62. The van der Waals surface area contributed by atoms with Gasteiger partial charge in [-0.15, -0.1) is 0 Å². The minimum absolute atomic E-state index is 0.349. The highest BCUT2D eigenvalue weighted by Gasteiger charge is 2.74. The van der Waals surface area contributed by atoms with Crippen LogP contribution in [0.4, 0.5) is 55.3 Å². The Balaban J connectivity index is 1.97. The van der Waals surface area contributed by atoms with Crippen LogP contribution in [0.25, 0.3) is 0 Å². The Bertz CT molecular complexity index is 1580.